The Labute approximate surface area is 121 Å². The molecule has 1 heterocycles. The molecule has 1 aromatic rings. The minimum atomic E-state index is -0.145. The highest BCUT2D eigenvalue weighted by molar-refractivity contribution is 5.31. The number of rotatable bonds is 7. The van der Waals surface area contributed by atoms with Gasteiger partial charge in [0.1, 0.15) is 5.69 Å². The third kappa shape index (κ3) is 2.56. The van der Waals surface area contributed by atoms with Gasteiger partial charge in [0.15, 0.2) is 5.75 Å². The van der Waals surface area contributed by atoms with Gasteiger partial charge < -0.3 is 14.8 Å². The van der Waals surface area contributed by atoms with Crippen LogP contribution in [0, 0.1) is 0 Å². The molecule has 1 unspecified atom stereocenters. The third-order valence-electron chi connectivity index (χ3n) is 4.44. The monoisotopic (exact) mass is 281 g/mol. The molecule has 0 amide bonds. The summed E-state index contributed by atoms with van der Waals surface area (Å²) >= 11 is 0. The fraction of sp³-hybridized carbons (Fsp3) is 0.800. The van der Waals surface area contributed by atoms with Crippen LogP contribution >= 0.6 is 0 Å². The second-order valence-corrected chi connectivity index (χ2v) is 5.52. The zero-order valence-corrected chi connectivity index (χ0v) is 13.1. The number of ether oxygens (including phenoxy) is 2. The van der Waals surface area contributed by atoms with Crippen LogP contribution in [0.1, 0.15) is 50.8 Å². The van der Waals surface area contributed by atoms with Crippen LogP contribution in [-0.4, -0.2) is 36.6 Å². The van der Waals surface area contributed by atoms with Crippen molar-refractivity contribution in [3.05, 3.63) is 11.9 Å². The molecule has 0 bridgehead atoms. The lowest BCUT2D eigenvalue weighted by atomic mass is 9.89. The van der Waals surface area contributed by atoms with E-state index in [0.29, 0.717) is 0 Å². The first kappa shape index (κ1) is 15.3. The minimum absolute atomic E-state index is 0.110. The average Bonchev–Trinajstić information content (AvgIpc) is 3.09. The summed E-state index contributed by atoms with van der Waals surface area (Å²) in [6.07, 6.45) is 7.46. The van der Waals surface area contributed by atoms with Gasteiger partial charge in [0.25, 0.3) is 0 Å². The molecule has 5 heteroatoms. The van der Waals surface area contributed by atoms with Gasteiger partial charge in [0.2, 0.25) is 0 Å². The predicted octanol–water partition coefficient (Wildman–Crippen LogP) is 2.52. The SMILES string of the molecule is CCCn1ncc(OC)c1C(NC)C1(OC)CCCC1. The summed E-state index contributed by atoms with van der Waals surface area (Å²) in [6, 6.07) is 0.110. The van der Waals surface area contributed by atoms with Crippen LogP contribution in [0.4, 0.5) is 0 Å². The summed E-state index contributed by atoms with van der Waals surface area (Å²) in [5.74, 6) is 0.848. The van der Waals surface area contributed by atoms with Crippen molar-refractivity contribution < 1.29 is 9.47 Å². The lowest BCUT2D eigenvalue weighted by Gasteiger charge is -2.36. The first-order valence-electron chi connectivity index (χ1n) is 7.54. The van der Waals surface area contributed by atoms with E-state index in [1.165, 1.54) is 12.8 Å². The lowest BCUT2D eigenvalue weighted by Crippen LogP contribution is -2.43. The van der Waals surface area contributed by atoms with E-state index >= 15 is 0 Å². The van der Waals surface area contributed by atoms with Crippen LogP contribution in [0.5, 0.6) is 5.75 Å². The van der Waals surface area contributed by atoms with Crippen molar-refractivity contribution in [1.29, 1.82) is 0 Å². The Morgan fingerprint density at radius 1 is 1.40 bits per heavy atom. The van der Waals surface area contributed by atoms with Gasteiger partial charge in [-0.15, -0.1) is 0 Å². The van der Waals surface area contributed by atoms with Crippen molar-refractivity contribution in [2.24, 2.45) is 0 Å². The van der Waals surface area contributed by atoms with Crippen LogP contribution in [0.15, 0.2) is 6.20 Å². The standard InChI is InChI=1S/C15H27N3O2/c1-5-10-18-13(12(19-3)11-17-18)14(16-2)15(20-4)8-6-7-9-15/h11,14,16H,5-10H2,1-4H3. The number of hydrogen-bond donors (Lipinski definition) is 1. The van der Waals surface area contributed by atoms with E-state index in [9.17, 15) is 0 Å². The van der Waals surface area contributed by atoms with Crippen LogP contribution in [0.25, 0.3) is 0 Å². The van der Waals surface area contributed by atoms with E-state index in [-0.39, 0.29) is 11.6 Å². The maximum absolute atomic E-state index is 5.95. The van der Waals surface area contributed by atoms with Crippen molar-refractivity contribution in [1.82, 2.24) is 15.1 Å². The summed E-state index contributed by atoms with van der Waals surface area (Å²) in [4.78, 5) is 0. The molecule has 1 aliphatic carbocycles. The van der Waals surface area contributed by atoms with Gasteiger partial charge in [0.05, 0.1) is 24.9 Å². The highest BCUT2D eigenvalue weighted by Gasteiger charge is 2.44. The Morgan fingerprint density at radius 2 is 2.10 bits per heavy atom. The molecular weight excluding hydrogens is 254 g/mol. The predicted molar refractivity (Wildman–Crippen MR) is 79.1 cm³/mol. The van der Waals surface area contributed by atoms with Crippen molar-refractivity contribution in [2.45, 2.75) is 57.2 Å². The van der Waals surface area contributed by atoms with Crippen LogP contribution in [0.3, 0.4) is 0 Å². The van der Waals surface area contributed by atoms with Crippen molar-refractivity contribution >= 4 is 0 Å². The molecular formula is C15H27N3O2. The van der Waals surface area contributed by atoms with E-state index in [0.717, 1.165) is 37.3 Å². The fourth-order valence-corrected chi connectivity index (χ4v) is 3.45. The number of hydrogen-bond acceptors (Lipinski definition) is 4. The summed E-state index contributed by atoms with van der Waals surface area (Å²) < 4.78 is 13.5. The Morgan fingerprint density at radius 3 is 2.60 bits per heavy atom. The van der Waals surface area contributed by atoms with Crippen LogP contribution < -0.4 is 10.1 Å². The van der Waals surface area contributed by atoms with E-state index in [4.69, 9.17) is 9.47 Å². The molecule has 2 rings (SSSR count). The molecule has 0 aromatic carbocycles. The Kier molecular flexibility index (Phi) is 5.05. The summed E-state index contributed by atoms with van der Waals surface area (Å²) in [5.41, 5.74) is 0.966. The van der Waals surface area contributed by atoms with Gasteiger partial charge in [-0.1, -0.05) is 19.8 Å². The number of methoxy groups -OCH3 is 2. The van der Waals surface area contributed by atoms with Gasteiger partial charge in [0, 0.05) is 13.7 Å². The highest BCUT2D eigenvalue weighted by atomic mass is 16.5. The van der Waals surface area contributed by atoms with Crippen molar-refractivity contribution in [3.63, 3.8) is 0 Å². The first-order valence-corrected chi connectivity index (χ1v) is 7.54. The Hall–Kier alpha value is -1.07. The smallest absolute Gasteiger partial charge is 0.161 e. The summed E-state index contributed by atoms with van der Waals surface area (Å²) in [5, 5.41) is 7.92. The first-order chi connectivity index (χ1) is 9.72. The van der Waals surface area contributed by atoms with Crippen LogP contribution in [0.2, 0.25) is 0 Å². The molecule has 20 heavy (non-hydrogen) atoms. The molecule has 5 nitrogen and oxygen atoms in total. The van der Waals surface area contributed by atoms with Crippen LogP contribution in [-0.2, 0) is 11.3 Å². The third-order valence-corrected chi connectivity index (χ3v) is 4.44. The minimum Gasteiger partial charge on any atom is -0.493 e. The molecule has 0 aliphatic heterocycles. The van der Waals surface area contributed by atoms with E-state index in [2.05, 4.69) is 22.0 Å². The zero-order valence-electron chi connectivity index (χ0n) is 13.1. The number of aromatic nitrogens is 2. The molecule has 1 atom stereocenters. The maximum atomic E-state index is 5.95. The van der Waals surface area contributed by atoms with E-state index in [1.807, 2.05) is 20.4 Å². The highest BCUT2D eigenvalue weighted by Crippen LogP contribution is 2.44. The summed E-state index contributed by atoms with van der Waals surface area (Å²) in [7, 11) is 5.52. The van der Waals surface area contributed by atoms with Gasteiger partial charge in [-0.3, -0.25) is 4.68 Å². The van der Waals surface area contributed by atoms with Crippen molar-refractivity contribution in [3.8, 4) is 5.75 Å². The largest absolute Gasteiger partial charge is 0.493 e. The lowest BCUT2D eigenvalue weighted by molar-refractivity contribution is -0.0376. The Balaban J connectivity index is 2.42. The molecule has 1 N–H and O–H groups in total. The molecule has 1 aliphatic rings. The number of nitrogens with zero attached hydrogens (tertiary/aromatic N) is 2. The zero-order chi connectivity index (χ0) is 14.6. The maximum Gasteiger partial charge on any atom is 0.161 e. The molecule has 0 saturated heterocycles. The quantitative estimate of drug-likeness (QED) is 0.834. The second-order valence-electron chi connectivity index (χ2n) is 5.52. The number of aryl methyl sites for hydroxylation is 1. The van der Waals surface area contributed by atoms with E-state index in [1.54, 1.807) is 7.11 Å². The van der Waals surface area contributed by atoms with Gasteiger partial charge in [-0.25, -0.2) is 0 Å². The Bertz CT molecular complexity index is 425. The number of likely N-dealkylation sites (N-methyl/N-ethyl adjacent to an activating group) is 1. The van der Waals surface area contributed by atoms with Gasteiger partial charge in [-0.05, 0) is 26.3 Å². The molecule has 114 valence electrons. The van der Waals surface area contributed by atoms with Crippen molar-refractivity contribution in [2.75, 3.05) is 21.3 Å². The molecule has 0 radical (unpaired) electrons. The molecule has 1 fully saturated rings. The van der Waals surface area contributed by atoms with E-state index < -0.39 is 0 Å². The normalized spacial score (nSPS) is 19.2. The second kappa shape index (κ2) is 6.59. The molecule has 0 spiro atoms. The van der Waals surface area contributed by atoms with Gasteiger partial charge in [-0.2, -0.15) is 5.10 Å². The molecule has 1 aromatic heterocycles. The van der Waals surface area contributed by atoms with Gasteiger partial charge >= 0.3 is 0 Å². The molecule has 1 saturated carbocycles. The topological polar surface area (TPSA) is 48.3 Å². The number of nitrogens with one attached hydrogen (secondary N) is 1. The summed E-state index contributed by atoms with van der Waals surface area (Å²) in [6.45, 7) is 3.06. The fourth-order valence-electron chi connectivity index (χ4n) is 3.45. The average molecular weight is 281 g/mol.